The molecular weight excluding hydrogens is 346 g/mol. The molecular formula is C16H23N3O3S2. The third-order valence-corrected chi connectivity index (χ3v) is 6.60. The molecule has 0 aromatic carbocycles. The van der Waals surface area contributed by atoms with Crippen LogP contribution in [-0.4, -0.2) is 38.5 Å². The SMILES string of the molecule is COCCCNS(=O)(=O)c1cn(C2CCCC2)nc1-c1cccs1. The summed E-state index contributed by atoms with van der Waals surface area (Å²) in [6, 6.07) is 4.13. The molecule has 2 aromatic rings. The molecule has 0 radical (unpaired) electrons. The fourth-order valence-electron chi connectivity index (χ4n) is 3.01. The molecule has 1 N–H and O–H groups in total. The molecule has 6 nitrogen and oxygen atoms in total. The van der Waals surface area contributed by atoms with Crippen molar-refractivity contribution >= 4 is 21.4 Å². The zero-order valence-corrected chi connectivity index (χ0v) is 15.4. The largest absolute Gasteiger partial charge is 0.385 e. The average Bonchev–Trinajstić information content (AvgIpc) is 3.31. The van der Waals surface area contributed by atoms with Crippen molar-refractivity contribution < 1.29 is 13.2 Å². The highest BCUT2D eigenvalue weighted by molar-refractivity contribution is 7.89. The van der Waals surface area contributed by atoms with Gasteiger partial charge in [0.05, 0.1) is 10.9 Å². The summed E-state index contributed by atoms with van der Waals surface area (Å²) in [5.74, 6) is 0. The van der Waals surface area contributed by atoms with Crippen LogP contribution in [0, 0.1) is 0 Å². The van der Waals surface area contributed by atoms with E-state index in [1.165, 1.54) is 24.2 Å². The Hall–Kier alpha value is -1.22. The van der Waals surface area contributed by atoms with E-state index < -0.39 is 10.0 Å². The van der Waals surface area contributed by atoms with E-state index in [9.17, 15) is 8.42 Å². The number of nitrogens with one attached hydrogen (secondary N) is 1. The van der Waals surface area contributed by atoms with Crippen LogP contribution in [0.1, 0.15) is 38.1 Å². The van der Waals surface area contributed by atoms with Gasteiger partial charge in [-0.2, -0.15) is 5.10 Å². The molecule has 0 aliphatic heterocycles. The summed E-state index contributed by atoms with van der Waals surface area (Å²) in [6.07, 6.45) is 6.82. The topological polar surface area (TPSA) is 73.2 Å². The molecule has 24 heavy (non-hydrogen) atoms. The van der Waals surface area contributed by atoms with Crippen LogP contribution in [0.2, 0.25) is 0 Å². The molecule has 0 bridgehead atoms. The number of hydrogen-bond acceptors (Lipinski definition) is 5. The van der Waals surface area contributed by atoms with Gasteiger partial charge in [0.1, 0.15) is 10.6 Å². The van der Waals surface area contributed by atoms with Gasteiger partial charge in [-0.15, -0.1) is 11.3 Å². The normalized spacial score (nSPS) is 16.0. The first-order chi connectivity index (χ1) is 11.6. The molecule has 0 saturated heterocycles. The van der Waals surface area contributed by atoms with Gasteiger partial charge in [0, 0.05) is 26.5 Å². The zero-order valence-electron chi connectivity index (χ0n) is 13.8. The van der Waals surface area contributed by atoms with Gasteiger partial charge >= 0.3 is 0 Å². The minimum absolute atomic E-state index is 0.272. The van der Waals surface area contributed by atoms with Crippen LogP contribution >= 0.6 is 11.3 Å². The first-order valence-corrected chi connectivity index (χ1v) is 10.6. The third kappa shape index (κ3) is 3.88. The van der Waals surface area contributed by atoms with Gasteiger partial charge in [-0.3, -0.25) is 4.68 Å². The van der Waals surface area contributed by atoms with Crippen LogP contribution in [0.3, 0.4) is 0 Å². The van der Waals surface area contributed by atoms with Crippen molar-refractivity contribution in [2.24, 2.45) is 0 Å². The molecule has 1 aliphatic rings. The minimum Gasteiger partial charge on any atom is -0.385 e. The number of sulfonamides is 1. The van der Waals surface area contributed by atoms with Crippen LogP contribution < -0.4 is 4.72 Å². The van der Waals surface area contributed by atoms with Gasteiger partial charge in [-0.1, -0.05) is 18.9 Å². The quantitative estimate of drug-likeness (QED) is 0.726. The van der Waals surface area contributed by atoms with Crippen molar-refractivity contribution in [3.63, 3.8) is 0 Å². The highest BCUT2D eigenvalue weighted by Crippen LogP contribution is 2.34. The van der Waals surface area contributed by atoms with Gasteiger partial charge in [-0.05, 0) is 30.7 Å². The van der Waals surface area contributed by atoms with Crippen molar-refractivity contribution in [3.8, 4) is 10.6 Å². The summed E-state index contributed by atoms with van der Waals surface area (Å²) in [4.78, 5) is 1.15. The minimum atomic E-state index is -3.59. The lowest BCUT2D eigenvalue weighted by atomic mass is 10.3. The maximum absolute atomic E-state index is 12.7. The Morgan fingerprint density at radius 1 is 1.42 bits per heavy atom. The molecule has 0 atom stereocenters. The highest BCUT2D eigenvalue weighted by atomic mass is 32.2. The monoisotopic (exact) mass is 369 g/mol. The third-order valence-electron chi connectivity index (χ3n) is 4.26. The molecule has 0 spiro atoms. The lowest BCUT2D eigenvalue weighted by molar-refractivity contribution is 0.196. The van der Waals surface area contributed by atoms with Crippen molar-refractivity contribution in [3.05, 3.63) is 23.7 Å². The van der Waals surface area contributed by atoms with Crippen molar-refractivity contribution in [2.75, 3.05) is 20.3 Å². The summed E-state index contributed by atoms with van der Waals surface area (Å²) in [6.45, 7) is 0.885. The van der Waals surface area contributed by atoms with Crippen LogP contribution in [0.5, 0.6) is 0 Å². The van der Waals surface area contributed by atoms with E-state index in [0.29, 0.717) is 31.3 Å². The van der Waals surface area contributed by atoms with Crippen LogP contribution in [-0.2, 0) is 14.8 Å². The van der Waals surface area contributed by atoms with E-state index in [2.05, 4.69) is 9.82 Å². The lowest BCUT2D eigenvalue weighted by Gasteiger charge is -2.08. The summed E-state index contributed by atoms with van der Waals surface area (Å²) >= 11 is 1.51. The van der Waals surface area contributed by atoms with E-state index in [-0.39, 0.29) is 4.90 Å². The Bertz CT molecular complexity index is 748. The smallest absolute Gasteiger partial charge is 0.244 e. The molecule has 1 fully saturated rings. The summed E-state index contributed by atoms with van der Waals surface area (Å²) < 4.78 is 35.0. The van der Waals surface area contributed by atoms with Gasteiger partial charge in [0.2, 0.25) is 10.0 Å². The number of aromatic nitrogens is 2. The standard InChI is InChI=1S/C16H23N3O3S2/c1-22-10-5-9-17-24(20,21)15-12-19(13-6-2-3-7-13)18-16(15)14-8-4-11-23-14/h4,8,11-13,17H,2-3,5-7,9-10H2,1H3. The predicted octanol–water partition coefficient (Wildman–Crippen LogP) is 3.04. The summed E-state index contributed by atoms with van der Waals surface area (Å²) in [7, 11) is -1.98. The Morgan fingerprint density at radius 3 is 2.88 bits per heavy atom. The molecule has 2 heterocycles. The van der Waals surface area contributed by atoms with Crippen LogP contribution in [0.4, 0.5) is 0 Å². The number of rotatable bonds is 8. The summed E-state index contributed by atoms with van der Waals surface area (Å²) in [5, 5.41) is 6.57. The average molecular weight is 370 g/mol. The van der Waals surface area contributed by atoms with Crippen LogP contribution in [0.25, 0.3) is 10.6 Å². The number of ether oxygens (including phenoxy) is 1. The molecule has 0 unspecified atom stereocenters. The van der Waals surface area contributed by atoms with E-state index in [4.69, 9.17) is 4.74 Å². The number of methoxy groups -OCH3 is 1. The first kappa shape index (κ1) is 17.6. The van der Waals surface area contributed by atoms with E-state index in [1.807, 2.05) is 22.2 Å². The van der Waals surface area contributed by atoms with E-state index in [0.717, 1.165) is 17.7 Å². The lowest BCUT2D eigenvalue weighted by Crippen LogP contribution is -2.25. The maximum Gasteiger partial charge on any atom is 0.244 e. The second kappa shape index (κ2) is 7.77. The number of hydrogen-bond donors (Lipinski definition) is 1. The second-order valence-electron chi connectivity index (χ2n) is 5.98. The fourth-order valence-corrected chi connectivity index (χ4v) is 5.02. The molecule has 0 amide bonds. The Balaban J connectivity index is 1.89. The Labute approximate surface area is 146 Å². The highest BCUT2D eigenvalue weighted by Gasteiger charge is 2.27. The van der Waals surface area contributed by atoms with Gasteiger partial charge in [0.15, 0.2) is 0 Å². The molecule has 1 aliphatic carbocycles. The number of thiophene rings is 1. The van der Waals surface area contributed by atoms with Gasteiger partial charge < -0.3 is 4.74 Å². The zero-order chi connectivity index (χ0) is 17.0. The van der Waals surface area contributed by atoms with E-state index in [1.54, 1.807) is 13.3 Å². The molecule has 1 saturated carbocycles. The molecule has 132 valence electrons. The predicted molar refractivity (Wildman–Crippen MR) is 94.7 cm³/mol. The molecule has 8 heteroatoms. The van der Waals surface area contributed by atoms with Crippen molar-refractivity contribution in [1.29, 1.82) is 0 Å². The van der Waals surface area contributed by atoms with Crippen LogP contribution in [0.15, 0.2) is 28.6 Å². The first-order valence-electron chi connectivity index (χ1n) is 8.23. The fraction of sp³-hybridized carbons (Fsp3) is 0.562. The summed E-state index contributed by atoms with van der Waals surface area (Å²) in [5.41, 5.74) is 0.552. The van der Waals surface area contributed by atoms with Gasteiger partial charge in [-0.25, -0.2) is 13.1 Å². The Kier molecular flexibility index (Phi) is 5.70. The van der Waals surface area contributed by atoms with Gasteiger partial charge in [0.25, 0.3) is 0 Å². The Morgan fingerprint density at radius 2 is 2.21 bits per heavy atom. The van der Waals surface area contributed by atoms with Crippen molar-refractivity contribution in [1.82, 2.24) is 14.5 Å². The molecule has 3 rings (SSSR count). The van der Waals surface area contributed by atoms with E-state index >= 15 is 0 Å². The molecule has 2 aromatic heterocycles. The number of nitrogens with zero attached hydrogens (tertiary/aromatic N) is 2. The maximum atomic E-state index is 12.7. The second-order valence-corrected chi connectivity index (χ2v) is 8.66. The van der Waals surface area contributed by atoms with Crippen molar-refractivity contribution in [2.45, 2.75) is 43.0 Å².